The smallest absolute Gasteiger partial charge is 0.176 e. The van der Waals surface area contributed by atoms with E-state index < -0.39 is 5.50 Å². The van der Waals surface area contributed by atoms with E-state index in [4.69, 9.17) is 23.2 Å². The number of ketones is 1. The number of carbonyl (C=O) groups is 1. The number of halogens is 2. The highest BCUT2D eigenvalue weighted by Crippen LogP contribution is 2.41. The molecule has 4 N–H and O–H groups in total. The average molecular weight is 653 g/mol. The van der Waals surface area contributed by atoms with Gasteiger partial charge in [0.2, 0.25) is 0 Å². The topological polar surface area (TPSA) is 117 Å². The van der Waals surface area contributed by atoms with Crippen LogP contribution in [-0.2, 0) is 0 Å². The Balaban J connectivity index is 1.73. The number of thiazole rings is 1. The lowest BCUT2D eigenvalue weighted by molar-refractivity contribution is -0.0204. The first-order chi connectivity index (χ1) is 20.4. The maximum atomic E-state index is 13.0. The molecule has 0 fully saturated rings. The molecule has 226 valence electrons. The van der Waals surface area contributed by atoms with E-state index in [-0.39, 0.29) is 43.4 Å². The first kappa shape index (κ1) is 32.5. The van der Waals surface area contributed by atoms with Crippen LogP contribution in [0.25, 0.3) is 0 Å². The molecule has 1 aliphatic rings. The van der Waals surface area contributed by atoms with Gasteiger partial charge in [-0.25, -0.2) is 5.01 Å². The standard InChI is InChI=1S/C28H35Cl2N7O3S2/c1-20(29)15-22(23-9-5-6-10-32-23)18-36(35(12-14-39)25-17-31-19-41-25)37-26(30)27(33-11-13-38)42-28(37)34-16-24(40)21-7-3-2-4-8-21/h2-10,17,19-20,22,28,33-34,38-39H,11-16,18H2,1H3. The summed E-state index contributed by atoms with van der Waals surface area (Å²) in [5.74, 6) is -0.170. The van der Waals surface area contributed by atoms with Crippen LogP contribution in [0, 0.1) is 0 Å². The van der Waals surface area contributed by atoms with Gasteiger partial charge in [-0.05, 0) is 25.5 Å². The number of nitrogens with one attached hydrogen (secondary N) is 2. The number of hydrazine groups is 2. The van der Waals surface area contributed by atoms with E-state index in [0.717, 1.165) is 10.7 Å². The number of hydrogen-bond acceptors (Lipinski definition) is 12. The normalized spacial score (nSPS) is 16.6. The second-order valence-corrected chi connectivity index (χ2v) is 12.5. The largest absolute Gasteiger partial charge is 0.395 e. The van der Waals surface area contributed by atoms with Crippen LogP contribution in [-0.4, -0.2) is 86.4 Å². The van der Waals surface area contributed by atoms with Crippen LogP contribution in [0.3, 0.4) is 0 Å². The molecule has 3 atom stereocenters. The molecule has 3 aromatic rings. The number of hydrogen-bond donors (Lipinski definition) is 4. The number of thioether (sulfide) groups is 1. The molecule has 10 nitrogen and oxygen atoms in total. The van der Waals surface area contributed by atoms with E-state index in [1.54, 1.807) is 30.0 Å². The number of aliphatic hydroxyl groups is 2. The Morgan fingerprint density at radius 2 is 1.95 bits per heavy atom. The summed E-state index contributed by atoms with van der Waals surface area (Å²) in [6.07, 6.45) is 4.13. The molecule has 0 radical (unpaired) electrons. The van der Waals surface area contributed by atoms with Crippen molar-refractivity contribution in [1.82, 2.24) is 30.7 Å². The van der Waals surface area contributed by atoms with Gasteiger partial charge in [-0.1, -0.05) is 59.8 Å². The average Bonchev–Trinajstić information content (AvgIpc) is 3.65. The van der Waals surface area contributed by atoms with Gasteiger partial charge in [0.05, 0.1) is 38.0 Å². The van der Waals surface area contributed by atoms with Crippen molar-refractivity contribution in [2.75, 3.05) is 44.4 Å². The number of nitrogens with zero attached hydrogens (tertiary/aromatic N) is 5. The first-order valence-electron chi connectivity index (χ1n) is 13.5. The summed E-state index contributed by atoms with van der Waals surface area (Å²) in [6, 6.07) is 14.9. The lowest BCUT2D eigenvalue weighted by Gasteiger charge is -2.45. The Hall–Kier alpha value is -2.42. The molecule has 0 saturated carbocycles. The van der Waals surface area contributed by atoms with Crippen LogP contribution < -0.4 is 15.6 Å². The Morgan fingerprint density at radius 1 is 1.17 bits per heavy atom. The van der Waals surface area contributed by atoms with Crippen molar-refractivity contribution in [3.05, 3.63) is 87.9 Å². The summed E-state index contributed by atoms with van der Waals surface area (Å²) in [4.78, 5) is 22.0. The summed E-state index contributed by atoms with van der Waals surface area (Å²) in [5, 5.41) is 33.6. The molecule has 4 rings (SSSR count). The molecule has 1 aromatic carbocycles. The second kappa shape index (κ2) is 16.4. The number of alkyl halides is 1. The molecule has 0 amide bonds. The molecule has 3 heterocycles. The fraction of sp³-hybridized carbons (Fsp3) is 0.393. The molecule has 0 aliphatic carbocycles. The van der Waals surface area contributed by atoms with Gasteiger partial charge in [-0.2, -0.15) is 0 Å². The zero-order chi connectivity index (χ0) is 29.9. The van der Waals surface area contributed by atoms with Crippen LogP contribution >= 0.6 is 46.3 Å². The lowest BCUT2D eigenvalue weighted by atomic mass is 9.99. The van der Waals surface area contributed by atoms with Crippen molar-refractivity contribution in [3.63, 3.8) is 0 Å². The lowest BCUT2D eigenvalue weighted by Crippen LogP contribution is -2.59. The maximum Gasteiger partial charge on any atom is 0.176 e. The van der Waals surface area contributed by atoms with Crippen molar-refractivity contribution in [3.8, 4) is 0 Å². The second-order valence-electron chi connectivity index (χ2n) is 9.46. The highest BCUT2D eigenvalue weighted by molar-refractivity contribution is 8.03. The van der Waals surface area contributed by atoms with Crippen LogP contribution in [0.15, 0.2) is 76.6 Å². The molecule has 2 aromatic heterocycles. The highest BCUT2D eigenvalue weighted by atomic mass is 35.5. The van der Waals surface area contributed by atoms with E-state index in [1.165, 1.54) is 23.1 Å². The van der Waals surface area contributed by atoms with Crippen LogP contribution in [0.4, 0.5) is 5.00 Å². The van der Waals surface area contributed by atoms with Gasteiger partial charge in [-0.3, -0.25) is 25.1 Å². The zero-order valence-corrected chi connectivity index (χ0v) is 26.3. The SMILES string of the molecule is CC(Cl)CC(CN(N(CCO)c1cncs1)N1C(Cl)=C(NCCO)SC1NCC(=O)c1ccccc1)c1ccccn1. The Morgan fingerprint density at radius 3 is 2.60 bits per heavy atom. The van der Waals surface area contributed by atoms with E-state index in [9.17, 15) is 15.0 Å². The third-order valence-electron chi connectivity index (χ3n) is 6.38. The summed E-state index contributed by atoms with van der Waals surface area (Å²) in [5.41, 5.74) is 2.70. The minimum Gasteiger partial charge on any atom is -0.395 e. The van der Waals surface area contributed by atoms with Crippen molar-refractivity contribution < 1.29 is 15.0 Å². The van der Waals surface area contributed by atoms with Gasteiger partial charge in [0.15, 0.2) is 16.4 Å². The quantitative estimate of drug-likeness (QED) is 0.0734. The number of Topliss-reactive ketones (excluding diaryl/α,β-unsaturated/α-hetero) is 1. The summed E-state index contributed by atoms with van der Waals surface area (Å²) >= 11 is 16.5. The molecule has 42 heavy (non-hydrogen) atoms. The third kappa shape index (κ3) is 8.57. The molecular formula is C28H35Cl2N7O3S2. The van der Waals surface area contributed by atoms with Gasteiger partial charge >= 0.3 is 0 Å². The summed E-state index contributed by atoms with van der Waals surface area (Å²) in [6.45, 7) is 2.77. The van der Waals surface area contributed by atoms with E-state index in [1.807, 2.05) is 58.5 Å². The first-order valence-corrected chi connectivity index (χ1v) is 16.1. The molecular weight excluding hydrogens is 617 g/mol. The fourth-order valence-electron chi connectivity index (χ4n) is 4.53. The highest BCUT2D eigenvalue weighted by Gasteiger charge is 2.40. The minimum absolute atomic E-state index is 0.0619. The number of carbonyl (C=O) groups excluding carboxylic acids is 1. The predicted molar refractivity (Wildman–Crippen MR) is 170 cm³/mol. The Kier molecular flexibility index (Phi) is 12.7. The molecule has 3 unspecified atom stereocenters. The van der Waals surface area contributed by atoms with Crippen molar-refractivity contribution in [1.29, 1.82) is 0 Å². The van der Waals surface area contributed by atoms with Crippen molar-refractivity contribution in [2.24, 2.45) is 0 Å². The number of aliphatic hydroxyl groups excluding tert-OH is 2. The molecule has 0 spiro atoms. The Labute approximate surface area is 264 Å². The third-order valence-corrected chi connectivity index (χ3v) is 8.98. The van der Waals surface area contributed by atoms with Crippen LogP contribution in [0.2, 0.25) is 0 Å². The fourth-order valence-corrected chi connectivity index (χ4v) is 6.92. The Bertz CT molecular complexity index is 1270. The van der Waals surface area contributed by atoms with Gasteiger partial charge in [0.1, 0.15) is 10.0 Å². The maximum absolute atomic E-state index is 13.0. The summed E-state index contributed by atoms with van der Waals surface area (Å²) < 4.78 is 0. The molecule has 14 heteroatoms. The van der Waals surface area contributed by atoms with Gasteiger partial charge in [0.25, 0.3) is 0 Å². The number of rotatable bonds is 17. The minimum atomic E-state index is -0.502. The number of pyridine rings is 1. The van der Waals surface area contributed by atoms with E-state index >= 15 is 0 Å². The van der Waals surface area contributed by atoms with Gasteiger partial charge in [-0.15, -0.1) is 28.1 Å². The van der Waals surface area contributed by atoms with E-state index in [2.05, 4.69) is 20.6 Å². The molecule has 0 bridgehead atoms. The number of benzene rings is 1. The van der Waals surface area contributed by atoms with E-state index in [0.29, 0.717) is 35.3 Å². The number of anilines is 1. The van der Waals surface area contributed by atoms with Crippen LogP contribution in [0.1, 0.15) is 35.3 Å². The number of aromatic nitrogens is 2. The van der Waals surface area contributed by atoms with Crippen molar-refractivity contribution >= 4 is 57.1 Å². The molecule has 0 saturated heterocycles. The van der Waals surface area contributed by atoms with Gasteiger partial charge < -0.3 is 15.5 Å². The van der Waals surface area contributed by atoms with Gasteiger partial charge in [0, 0.05) is 41.8 Å². The predicted octanol–water partition coefficient (Wildman–Crippen LogP) is 4.02. The van der Waals surface area contributed by atoms with Crippen molar-refractivity contribution in [2.45, 2.75) is 30.1 Å². The summed E-state index contributed by atoms with van der Waals surface area (Å²) in [7, 11) is 0. The zero-order valence-electron chi connectivity index (χ0n) is 23.1. The molecule has 1 aliphatic heterocycles. The monoisotopic (exact) mass is 651 g/mol. The van der Waals surface area contributed by atoms with Crippen LogP contribution in [0.5, 0.6) is 0 Å².